The molecule has 0 radical (unpaired) electrons. The third kappa shape index (κ3) is 3.87. The summed E-state index contributed by atoms with van der Waals surface area (Å²) in [5, 5.41) is 2.99. The summed E-state index contributed by atoms with van der Waals surface area (Å²) in [6.07, 6.45) is 5.72. The van der Waals surface area contributed by atoms with Crippen LogP contribution in [0.25, 0.3) is 16.9 Å². The number of carbonyl (C=O) groups is 1. The summed E-state index contributed by atoms with van der Waals surface area (Å²) in [5.41, 5.74) is 5.26. The van der Waals surface area contributed by atoms with Crippen molar-refractivity contribution in [3.63, 3.8) is 0 Å². The first-order chi connectivity index (χ1) is 15.2. The van der Waals surface area contributed by atoms with E-state index in [0.717, 1.165) is 41.2 Å². The molecule has 31 heavy (non-hydrogen) atoms. The Bertz CT molecular complexity index is 1230. The fourth-order valence-corrected chi connectivity index (χ4v) is 3.82. The van der Waals surface area contributed by atoms with Gasteiger partial charge >= 0.3 is 0 Å². The number of benzene rings is 1. The number of carbonyl (C=O) groups excluding carboxylic acids is 1. The predicted molar refractivity (Wildman–Crippen MR) is 121 cm³/mol. The average molecular weight is 413 g/mol. The van der Waals surface area contributed by atoms with Gasteiger partial charge in [-0.1, -0.05) is 18.2 Å². The summed E-state index contributed by atoms with van der Waals surface area (Å²) in [6, 6.07) is 15.4. The maximum absolute atomic E-state index is 13.0. The number of aromatic nitrogens is 3. The number of ether oxygens (including phenoxy) is 1. The van der Waals surface area contributed by atoms with Crippen LogP contribution in [0.1, 0.15) is 15.9 Å². The van der Waals surface area contributed by atoms with Crippen molar-refractivity contribution in [2.75, 3.05) is 36.5 Å². The van der Waals surface area contributed by atoms with Crippen molar-refractivity contribution in [2.45, 2.75) is 6.92 Å². The summed E-state index contributed by atoms with van der Waals surface area (Å²) in [6.45, 7) is 4.78. The Hall–Kier alpha value is -3.71. The molecule has 0 spiro atoms. The molecule has 0 saturated carbocycles. The van der Waals surface area contributed by atoms with Crippen LogP contribution in [0, 0.1) is 6.92 Å². The van der Waals surface area contributed by atoms with Crippen molar-refractivity contribution < 1.29 is 9.53 Å². The van der Waals surface area contributed by atoms with E-state index in [1.54, 1.807) is 18.3 Å². The summed E-state index contributed by atoms with van der Waals surface area (Å²) >= 11 is 0. The molecule has 0 atom stereocenters. The lowest BCUT2D eigenvalue weighted by molar-refractivity contribution is 0.102. The number of pyridine rings is 2. The highest BCUT2D eigenvalue weighted by Crippen LogP contribution is 2.24. The van der Waals surface area contributed by atoms with Crippen LogP contribution in [0.2, 0.25) is 0 Å². The number of nitrogens with one attached hydrogen (secondary N) is 1. The fraction of sp³-hybridized carbons (Fsp3) is 0.208. The molecule has 5 rings (SSSR count). The number of anilines is 2. The Morgan fingerprint density at radius 2 is 1.87 bits per heavy atom. The van der Waals surface area contributed by atoms with Crippen molar-refractivity contribution in [3.8, 4) is 11.3 Å². The van der Waals surface area contributed by atoms with Crippen molar-refractivity contribution in [1.29, 1.82) is 0 Å². The van der Waals surface area contributed by atoms with Crippen molar-refractivity contribution in [2.24, 2.45) is 0 Å². The van der Waals surface area contributed by atoms with E-state index in [4.69, 9.17) is 9.72 Å². The van der Waals surface area contributed by atoms with Crippen LogP contribution in [-0.4, -0.2) is 46.6 Å². The van der Waals surface area contributed by atoms with Gasteiger partial charge in [0.25, 0.3) is 5.91 Å². The highest BCUT2D eigenvalue weighted by Gasteiger charge is 2.20. The number of fused-ring (bicyclic) bond motifs is 1. The molecule has 7 heteroatoms. The van der Waals surface area contributed by atoms with E-state index < -0.39 is 0 Å². The number of aryl methyl sites for hydroxylation is 1. The van der Waals surface area contributed by atoms with Crippen molar-refractivity contribution >= 4 is 23.1 Å². The molecule has 4 aromatic rings. The molecule has 1 aliphatic rings. The molecule has 156 valence electrons. The first-order valence-electron chi connectivity index (χ1n) is 10.3. The van der Waals surface area contributed by atoms with Crippen LogP contribution >= 0.6 is 0 Å². The molecule has 1 fully saturated rings. The van der Waals surface area contributed by atoms with E-state index in [1.807, 2.05) is 60.1 Å². The Labute approximate surface area is 180 Å². The first kappa shape index (κ1) is 19.3. The standard InChI is InChI=1S/C24H23N5O2/c1-17-4-3-11-29-16-21(27-22(17)29)18-6-8-19(9-7-18)26-24(30)20-5-2-10-25-23(20)28-12-14-31-15-13-28/h2-11,16H,12-15H2,1H3,(H,26,30). The van der Waals surface area contributed by atoms with Gasteiger partial charge in [0.2, 0.25) is 0 Å². The van der Waals surface area contributed by atoms with E-state index >= 15 is 0 Å². The van der Waals surface area contributed by atoms with Crippen LogP contribution in [0.3, 0.4) is 0 Å². The van der Waals surface area contributed by atoms with Gasteiger partial charge in [-0.15, -0.1) is 0 Å². The third-order valence-electron chi connectivity index (χ3n) is 5.46. The maximum atomic E-state index is 13.0. The second-order valence-corrected chi connectivity index (χ2v) is 7.55. The molecule has 1 aliphatic heterocycles. The van der Waals surface area contributed by atoms with E-state index in [1.165, 1.54) is 0 Å². The molecule has 7 nitrogen and oxygen atoms in total. The molecule has 1 aromatic carbocycles. The average Bonchev–Trinajstić information content (AvgIpc) is 3.26. The van der Waals surface area contributed by atoms with Gasteiger partial charge < -0.3 is 19.4 Å². The quantitative estimate of drug-likeness (QED) is 0.551. The van der Waals surface area contributed by atoms with Gasteiger partial charge in [0.1, 0.15) is 11.5 Å². The van der Waals surface area contributed by atoms with Crippen LogP contribution < -0.4 is 10.2 Å². The Kier molecular flexibility index (Phi) is 5.09. The zero-order chi connectivity index (χ0) is 21.2. The second-order valence-electron chi connectivity index (χ2n) is 7.55. The Morgan fingerprint density at radius 1 is 1.06 bits per heavy atom. The van der Waals surface area contributed by atoms with Crippen LogP contribution in [0.15, 0.2) is 67.1 Å². The Morgan fingerprint density at radius 3 is 2.65 bits per heavy atom. The fourth-order valence-electron chi connectivity index (χ4n) is 3.82. The van der Waals surface area contributed by atoms with Gasteiger partial charge in [0, 0.05) is 42.9 Å². The predicted octanol–water partition coefficient (Wildman–Crippen LogP) is 3.79. The molecule has 0 aliphatic carbocycles. The lowest BCUT2D eigenvalue weighted by atomic mass is 10.1. The van der Waals surface area contributed by atoms with Crippen molar-refractivity contribution in [1.82, 2.24) is 14.4 Å². The monoisotopic (exact) mass is 413 g/mol. The summed E-state index contributed by atoms with van der Waals surface area (Å²) in [7, 11) is 0. The van der Waals surface area contributed by atoms with Gasteiger partial charge in [0.15, 0.2) is 0 Å². The lowest BCUT2D eigenvalue weighted by Gasteiger charge is -2.29. The number of rotatable bonds is 4. The summed E-state index contributed by atoms with van der Waals surface area (Å²) in [4.78, 5) is 24.2. The highest BCUT2D eigenvalue weighted by molar-refractivity contribution is 6.07. The molecule has 3 aromatic heterocycles. The molecule has 1 amide bonds. The van der Waals surface area contributed by atoms with Gasteiger partial charge in [-0.2, -0.15) is 0 Å². The molecular weight excluding hydrogens is 390 g/mol. The second kappa shape index (κ2) is 8.20. The van der Waals surface area contributed by atoms with Crippen LogP contribution in [-0.2, 0) is 4.74 Å². The van der Waals surface area contributed by atoms with Crippen LogP contribution in [0.4, 0.5) is 11.5 Å². The van der Waals surface area contributed by atoms with Gasteiger partial charge in [-0.05, 0) is 42.8 Å². The van der Waals surface area contributed by atoms with E-state index in [9.17, 15) is 4.79 Å². The van der Waals surface area contributed by atoms with Gasteiger partial charge in [-0.3, -0.25) is 4.79 Å². The number of hydrogen-bond acceptors (Lipinski definition) is 5. The SMILES string of the molecule is Cc1cccn2cc(-c3ccc(NC(=O)c4cccnc4N4CCOCC4)cc3)nc12. The first-order valence-corrected chi connectivity index (χ1v) is 10.3. The van der Waals surface area contributed by atoms with Crippen LogP contribution in [0.5, 0.6) is 0 Å². The minimum atomic E-state index is -0.175. The number of nitrogens with zero attached hydrogens (tertiary/aromatic N) is 4. The van der Waals surface area contributed by atoms with Gasteiger partial charge in [-0.25, -0.2) is 9.97 Å². The zero-order valence-electron chi connectivity index (χ0n) is 17.3. The third-order valence-corrected chi connectivity index (χ3v) is 5.46. The summed E-state index contributed by atoms with van der Waals surface area (Å²) in [5.74, 6) is 0.519. The topological polar surface area (TPSA) is 71.8 Å². The summed E-state index contributed by atoms with van der Waals surface area (Å²) < 4.78 is 7.44. The molecule has 0 bridgehead atoms. The molecule has 1 saturated heterocycles. The normalized spacial score (nSPS) is 14.0. The smallest absolute Gasteiger partial charge is 0.259 e. The number of imidazole rings is 1. The number of morpholine rings is 1. The number of amides is 1. The maximum Gasteiger partial charge on any atom is 0.259 e. The molecule has 0 unspecified atom stereocenters. The van der Waals surface area contributed by atoms with Crippen molar-refractivity contribution in [3.05, 3.63) is 78.2 Å². The van der Waals surface area contributed by atoms with E-state index in [-0.39, 0.29) is 5.91 Å². The zero-order valence-corrected chi connectivity index (χ0v) is 17.3. The minimum absolute atomic E-state index is 0.175. The molecular formula is C24H23N5O2. The largest absolute Gasteiger partial charge is 0.378 e. The minimum Gasteiger partial charge on any atom is -0.378 e. The molecule has 1 N–H and O–H groups in total. The van der Waals surface area contributed by atoms with E-state index in [0.29, 0.717) is 24.6 Å². The lowest BCUT2D eigenvalue weighted by Crippen LogP contribution is -2.38. The van der Waals surface area contributed by atoms with Gasteiger partial charge in [0.05, 0.1) is 24.5 Å². The highest BCUT2D eigenvalue weighted by atomic mass is 16.5. The molecule has 4 heterocycles. The Balaban J connectivity index is 1.35. The number of hydrogen-bond donors (Lipinski definition) is 1. The van der Waals surface area contributed by atoms with E-state index in [2.05, 4.69) is 15.2 Å².